The van der Waals surface area contributed by atoms with Crippen molar-refractivity contribution in [1.29, 1.82) is 0 Å². The lowest BCUT2D eigenvalue weighted by molar-refractivity contribution is 0.0587. The van der Waals surface area contributed by atoms with Crippen molar-refractivity contribution in [2.24, 2.45) is 0 Å². The van der Waals surface area contributed by atoms with Crippen LogP contribution in [0.2, 0.25) is 0 Å². The molecule has 6 nitrogen and oxygen atoms in total. The maximum Gasteiger partial charge on any atom is 0.274 e. The minimum atomic E-state index is 0.0349. The van der Waals surface area contributed by atoms with Crippen LogP contribution in [0.1, 0.15) is 53.3 Å². The Hall–Kier alpha value is -2.34. The van der Waals surface area contributed by atoms with Crippen LogP contribution in [0.5, 0.6) is 5.75 Å². The van der Waals surface area contributed by atoms with Gasteiger partial charge in [-0.15, -0.1) is 0 Å². The maximum absolute atomic E-state index is 12.9. The largest absolute Gasteiger partial charge is 0.490 e. The number of aryl methyl sites for hydroxylation is 2. The molecule has 6 heteroatoms. The summed E-state index contributed by atoms with van der Waals surface area (Å²) >= 11 is 0. The number of benzene rings is 1. The zero-order valence-electron chi connectivity index (χ0n) is 16.9. The Morgan fingerprint density at radius 3 is 2.75 bits per heavy atom. The Balaban J connectivity index is 1.32. The molecule has 1 unspecified atom stereocenters. The summed E-state index contributed by atoms with van der Waals surface area (Å²) in [5.74, 6) is 0.998. The molecule has 2 fully saturated rings. The van der Waals surface area contributed by atoms with E-state index in [0.29, 0.717) is 24.8 Å². The second kappa shape index (κ2) is 8.35. The number of piperidine rings is 2. The van der Waals surface area contributed by atoms with Crippen molar-refractivity contribution < 1.29 is 9.53 Å². The molecule has 0 aliphatic carbocycles. The Labute approximate surface area is 166 Å². The van der Waals surface area contributed by atoms with Gasteiger partial charge in [0.25, 0.3) is 5.91 Å². The second-order valence-electron chi connectivity index (χ2n) is 8.06. The van der Waals surface area contributed by atoms with Gasteiger partial charge in [0.15, 0.2) is 0 Å². The van der Waals surface area contributed by atoms with E-state index in [9.17, 15) is 4.79 Å². The number of hydrogen-bond acceptors (Lipinski definition) is 4. The summed E-state index contributed by atoms with van der Waals surface area (Å²) < 4.78 is 8.17. The van der Waals surface area contributed by atoms with Crippen LogP contribution in [0.25, 0.3) is 0 Å². The lowest BCUT2D eigenvalue weighted by Crippen LogP contribution is -2.42. The quantitative estimate of drug-likeness (QED) is 0.883. The minimum Gasteiger partial charge on any atom is -0.490 e. The first-order chi connectivity index (χ1) is 13.6. The summed E-state index contributed by atoms with van der Waals surface area (Å²) in [6, 6.07) is 8.51. The third-order valence-electron chi connectivity index (χ3n) is 5.84. The number of ether oxygens (including phenoxy) is 1. The van der Waals surface area contributed by atoms with Crippen molar-refractivity contribution in [3.63, 3.8) is 0 Å². The molecule has 0 radical (unpaired) electrons. The third kappa shape index (κ3) is 4.22. The van der Waals surface area contributed by atoms with Crippen molar-refractivity contribution in [2.75, 3.05) is 26.2 Å². The number of nitrogens with zero attached hydrogens (tertiary/aromatic N) is 3. The summed E-state index contributed by atoms with van der Waals surface area (Å²) in [6.45, 7) is 7.58. The summed E-state index contributed by atoms with van der Waals surface area (Å²) in [5.41, 5.74) is 2.92. The van der Waals surface area contributed by atoms with Crippen molar-refractivity contribution in [3.8, 4) is 5.75 Å². The average Bonchev–Trinajstić information content (AvgIpc) is 3.22. The van der Waals surface area contributed by atoms with Crippen LogP contribution in [0.4, 0.5) is 0 Å². The molecule has 2 aliphatic heterocycles. The van der Waals surface area contributed by atoms with Gasteiger partial charge in [-0.2, -0.15) is 5.10 Å². The number of carbonyl (C=O) groups is 1. The molecule has 0 bridgehead atoms. The lowest BCUT2D eigenvalue weighted by Gasteiger charge is -2.32. The molecular weight excluding hydrogens is 352 g/mol. The van der Waals surface area contributed by atoms with Crippen LogP contribution < -0.4 is 10.1 Å². The number of aromatic nitrogens is 2. The fourth-order valence-electron chi connectivity index (χ4n) is 4.07. The Kier molecular flexibility index (Phi) is 5.67. The summed E-state index contributed by atoms with van der Waals surface area (Å²) in [4.78, 5) is 14.8. The van der Waals surface area contributed by atoms with E-state index < -0.39 is 0 Å². The molecule has 0 spiro atoms. The third-order valence-corrected chi connectivity index (χ3v) is 5.84. The molecule has 3 heterocycles. The van der Waals surface area contributed by atoms with E-state index >= 15 is 0 Å². The van der Waals surface area contributed by atoms with Crippen LogP contribution >= 0.6 is 0 Å². The first-order valence-corrected chi connectivity index (χ1v) is 10.4. The molecule has 150 valence electrons. The Morgan fingerprint density at radius 2 is 2.00 bits per heavy atom. The van der Waals surface area contributed by atoms with Crippen LogP contribution in [0, 0.1) is 13.8 Å². The van der Waals surface area contributed by atoms with Gasteiger partial charge in [-0.25, -0.2) is 0 Å². The molecule has 28 heavy (non-hydrogen) atoms. The molecule has 2 aliphatic rings. The highest BCUT2D eigenvalue weighted by molar-refractivity contribution is 5.92. The Morgan fingerprint density at radius 1 is 1.18 bits per heavy atom. The zero-order valence-corrected chi connectivity index (χ0v) is 16.9. The second-order valence-corrected chi connectivity index (χ2v) is 8.06. The van der Waals surface area contributed by atoms with E-state index in [1.54, 1.807) is 0 Å². The van der Waals surface area contributed by atoms with Gasteiger partial charge in [-0.1, -0.05) is 12.1 Å². The standard InChI is InChI=1S/C22H30N4O2/c1-16-5-6-17(2)21(14-16)28-19-7-11-25(12-8-19)22(27)20-9-13-26(24-20)18-4-3-10-23-15-18/h5-6,9,13-14,18-19,23H,3-4,7-8,10-12,15H2,1-2H3. The minimum absolute atomic E-state index is 0.0349. The van der Waals surface area contributed by atoms with Crippen molar-refractivity contribution in [1.82, 2.24) is 20.0 Å². The molecule has 1 amide bonds. The summed E-state index contributed by atoms with van der Waals surface area (Å²) in [5, 5.41) is 7.97. The van der Waals surface area contributed by atoms with E-state index in [4.69, 9.17) is 4.74 Å². The van der Waals surface area contributed by atoms with E-state index in [1.807, 2.05) is 21.8 Å². The van der Waals surface area contributed by atoms with Crippen molar-refractivity contribution in [3.05, 3.63) is 47.3 Å². The van der Waals surface area contributed by atoms with Gasteiger partial charge in [0, 0.05) is 38.7 Å². The molecule has 2 aromatic rings. The molecule has 1 aromatic heterocycles. The highest BCUT2D eigenvalue weighted by atomic mass is 16.5. The first kappa shape index (κ1) is 19.0. The smallest absolute Gasteiger partial charge is 0.274 e. The van der Waals surface area contributed by atoms with E-state index in [1.165, 1.54) is 5.56 Å². The number of carbonyl (C=O) groups excluding carboxylic acids is 1. The maximum atomic E-state index is 12.9. The Bertz CT molecular complexity index is 818. The predicted octanol–water partition coefficient (Wildman–Crippen LogP) is 3.11. The fourth-order valence-corrected chi connectivity index (χ4v) is 4.07. The first-order valence-electron chi connectivity index (χ1n) is 10.4. The van der Waals surface area contributed by atoms with Crippen molar-refractivity contribution in [2.45, 2.75) is 51.7 Å². The molecule has 2 saturated heterocycles. The average molecular weight is 383 g/mol. The molecule has 4 rings (SSSR count). The summed E-state index contributed by atoms with van der Waals surface area (Å²) in [7, 11) is 0. The van der Waals surface area contributed by atoms with Gasteiger partial charge in [0.1, 0.15) is 17.5 Å². The molecule has 1 atom stereocenters. The lowest BCUT2D eigenvalue weighted by atomic mass is 10.1. The highest BCUT2D eigenvalue weighted by Crippen LogP contribution is 2.24. The topological polar surface area (TPSA) is 59.4 Å². The van der Waals surface area contributed by atoms with Crippen LogP contribution in [0.15, 0.2) is 30.5 Å². The summed E-state index contributed by atoms with van der Waals surface area (Å²) in [6.07, 6.45) is 6.08. The molecular formula is C22H30N4O2. The monoisotopic (exact) mass is 382 g/mol. The normalized spacial score (nSPS) is 20.9. The number of hydrogen-bond donors (Lipinski definition) is 1. The fraction of sp³-hybridized carbons (Fsp3) is 0.545. The molecule has 0 saturated carbocycles. The van der Waals surface area contributed by atoms with E-state index in [0.717, 1.165) is 50.1 Å². The number of amides is 1. The van der Waals surface area contributed by atoms with Gasteiger partial charge in [-0.05, 0) is 56.5 Å². The predicted molar refractivity (Wildman–Crippen MR) is 109 cm³/mol. The number of likely N-dealkylation sites (tertiary alicyclic amines) is 1. The number of nitrogens with one attached hydrogen (secondary N) is 1. The number of rotatable bonds is 4. The van der Waals surface area contributed by atoms with Crippen LogP contribution in [-0.4, -0.2) is 52.9 Å². The van der Waals surface area contributed by atoms with Gasteiger partial charge in [0.05, 0.1) is 6.04 Å². The van der Waals surface area contributed by atoms with Gasteiger partial charge in [0.2, 0.25) is 0 Å². The van der Waals surface area contributed by atoms with E-state index in [-0.39, 0.29) is 12.0 Å². The van der Waals surface area contributed by atoms with Crippen LogP contribution in [0.3, 0.4) is 0 Å². The molecule has 1 aromatic carbocycles. The van der Waals surface area contributed by atoms with Gasteiger partial charge >= 0.3 is 0 Å². The van der Waals surface area contributed by atoms with Gasteiger partial charge in [-0.3, -0.25) is 9.48 Å². The van der Waals surface area contributed by atoms with Crippen molar-refractivity contribution >= 4 is 5.91 Å². The zero-order chi connectivity index (χ0) is 19.5. The van der Waals surface area contributed by atoms with Gasteiger partial charge < -0.3 is 15.0 Å². The van der Waals surface area contributed by atoms with E-state index in [2.05, 4.69) is 42.5 Å². The highest BCUT2D eigenvalue weighted by Gasteiger charge is 2.27. The van der Waals surface area contributed by atoms with Crippen LogP contribution in [-0.2, 0) is 0 Å². The molecule has 1 N–H and O–H groups in total. The SMILES string of the molecule is Cc1ccc(C)c(OC2CCN(C(=O)c3ccn(C4CCCNC4)n3)CC2)c1.